The van der Waals surface area contributed by atoms with Gasteiger partial charge < -0.3 is 4.98 Å². The summed E-state index contributed by atoms with van der Waals surface area (Å²) in [6.45, 7) is 0. The molecular formula is C11H8BrN5OS. The Labute approximate surface area is 119 Å². The minimum atomic E-state index is -0.147. The number of nitrogens with zero attached hydrogens (tertiary/aromatic N) is 4. The van der Waals surface area contributed by atoms with Crippen molar-refractivity contribution in [2.24, 2.45) is 7.05 Å². The van der Waals surface area contributed by atoms with Gasteiger partial charge in [0.05, 0.1) is 15.4 Å². The molecule has 0 unspecified atom stereocenters. The maximum atomic E-state index is 11.9. The van der Waals surface area contributed by atoms with E-state index in [0.29, 0.717) is 21.7 Å². The second-order valence-corrected chi connectivity index (χ2v) is 6.28. The van der Waals surface area contributed by atoms with Crippen LogP contribution in [0.5, 0.6) is 0 Å². The number of rotatable bonds is 2. The number of aromatic amines is 1. The van der Waals surface area contributed by atoms with Crippen LogP contribution in [0.1, 0.15) is 11.5 Å². The predicted octanol–water partition coefficient (Wildman–Crippen LogP) is 2.05. The Bertz CT molecular complexity index is 831. The van der Waals surface area contributed by atoms with Gasteiger partial charge in [0.1, 0.15) is 16.3 Å². The standard InChI is InChI=1S/C11H8BrN5OS/c1-17-5-6(15-16-17)2-3-9-13-10(18)7-4-8(12)19-11(7)14-9/h2-5H,1H3,(H,13,14,18)/b3-2+. The Balaban J connectivity index is 2.01. The Morgan fingerprint density at radius 2 is 2.32 bits per heavy atom. The van der Waals surface area contributed by atoms with E-state index in [2.05, 4.69) is 36.2 Å². The molecule has 0 aromatic carbocycles. The van der Waals surface area contributed by atoms with Crippen molar-refractivity contribution >= 4 is 49.6 Å². The molecule has 3 aromatic rings. The number of H-pyrrole nitrogens is 1. The second kappa shape index (κ2) is 4.71. The lowest BCUT2D eigenvalue weighted by Crippen LogP contribution is -2.07. The number of nitrogens with one attached hydrogen (secondary N) is 1. The smallest absolute Gasteiger partial charge is 0.259 e. The van der Waals surface area contributed by atoms with Gasteiger partial charge in [-0.3, -0.25) is 9.48 Å². The molecule has 0 saturated carbocycles. The molecule has 0 aliphatic heterocycles. The Kier molecular flexibility index (Phi) is 3.03. The fourth-order valence-corrected chi connectivity index (χ4v) is 3.06. The van der Waals surface area contributed by atoms with Crippen LogP contribution in [-0.2, 0) is 7.05 Å². The van der Waals surface area contributed by atoms with Crippen molar-refractivity contribution in [2.75, 3.05) is 0 Å². The molecule has 96 valence electrons. The highest BCUT2D eigenvalue weighted by Crippen LogP contribution is 2.25. The number of fused-ring (bicyclic) bond motifs is 1. The highest BCUT2D eigenvalue weighted by atomic mass is 79.9. The van der Waals surface area contributed by atoms with E-state index in [4.69, 9.17) is 0 Å². The van der Waals surface area contributed by atoms with Crippen LogP contribution in [-0.4, -0.2) is 25.0 Å². The maximum Gasteiger partial charge on any atom is 0.259 e. The minimum absolute atomic E-state index is 0.147. The van der Waals surface area contributed by atoms with Crippen molar-refractivity contribution in [3.63, 3.8) is 0 Å². The van der Waals surface area contributed by atoms with E-state index < -0.39 is 0 Å². The Morgan fingerprint density at radius 3 is 3.05 bits per heavy atom. The predicted molar refractivity (Wildman–Crippen MR) is 77.9 cm³/mol. The third-order valence-corrected chi connectivity index (χ3v) is 3.95. The van der Waals surface area contributed by atoms with Gasteiger partial charge in [-0.05, 0) is 34.1 Å². The molecule has 0 atom stereocenters. The average molecular weight is 338 g/mol. The maximum absolute atomic E-state index is 11.9. The van der Waals surface area contributed by atoms with Crippen LogP contribution >= 0.6 is 27.3 Å². The zero-order valence-corrected chi connectivity index (χ0v) is 12.2. The van der Waals surface area contributed by atoms with Crippen molar-refractivity contribution < 1.29 is 0 Å². The Morgan fingerprint density at radius 1 is 1.47 bits per heavy atom. The molecule has 3 rings (SSSR count). The normalized spacial score (nSPS) is 11.7. The summed E-state index contributed by atoms with van der Waals surface area (Å²) in [7, 11) is 1.79. The summed E-state index contributed by atoms with van der Waals surface area (Å²) in [5.74, 6) is 0.498. The van der Waals surface area contributed by atoms with E-state index in [0.717, 1.165) is 3.79 Å². The topological polar surface area (TPSA) is 76.5 Å². The van der Waals surface area contributed by atoms with Crippen LogP contribution < -0.4 is 5.56 Å². The summed E-state index contributed by atoms with van der Waals surface area (Å²) in [5, 5.41) is 8.33. The third kappa shape index (κ3) is 2.49. The number of hydrogen-bond donors (Lipinski definition) is 1. The molecule has 0 spiro atoms. The first-order valence-corrected chi connectivity index (χ1v) is 6.96. The lowest BCUT2D eigenvalue weighted by Gasteiger charge is -1.92. The first-order valence-electron chi connectivity index (χ1n) is 5.35. The summed E-state index contributed by atoms with van der Waals surface area (Å²) in [5.41, 5.74) is 0.559. The molecule has 0 fully saturated rings. The molecule has 8 heteroatoms. The zero-order valence-electron chi connectivity index (χ0n) is 9.79. The first-order chi connectivity index (χ1) is 9.11. The monoisotopic (exact) mass is 337 g/mol. The molecule has 19 heavy (non-hydrogen) atoms. The van der Waals surface area contributed by atoms with Crippen molar-refractivity contribution in [1.82, 2.24) is 25.0 Å². The van der Waals surface area contributed by atoms with Crippen LogP contribution in [0.2, 0.25) is 0 Å². The molecule has 0 saturated heterocycles. The summed E-state index contributed by atoms with van der Waals surface area (Å²) >= 11 is 4.77. The third-order valence-electron chi connectivity index (χ3n) is 2.42. The van der Waals surface area contributed by atoms with E-state index in [-0.39, 0.29) is 5.56 Å². The van der Waals surface area contributed by atoms with Gasteiger partial charge in [0.2, 0.25) is 0 Å². The van der Waals surface area contributed by atoms with Gasteiger partial charge in [0.25, 0.3) is 5.56 Å². The molecule has 0 bridgehead atoms. The number of halogens is 1. The van der Waals surface area contributed by atoms with E-state index in [1.165, 1.54) is 11.3 Å². The molecule has 3 heterocycles. The van der Waals surface area contributed by atoms with Gasteiger partial charge in [-0.25, -0.2) is 4.98 Å². The fourth-order valence-electron chi connectivity index (χ4n) is 1.60. The summed E-state index contributed by atoms with van der Waals surface area (Å²) in [6.07, 6.45) is 5.23. The van der Waals surface area contributed by atoms with E-state index >= 15 is 0 Å². The van der Waals surface area contributed by atoms with Crippen LogP contribution in [0.4, 0.5) is 0 Å². The van der Waals surface area contributed by atoms with Crippen LogP contribution in [0.3, 0.4) is 0 Å². The minimum Gasteiger partial charge on any atom is -0.306 e. The van der Waals surface area contributed by atoms with Gasteiger partial charge in [0.15, 0.2) is 0 Å². The Hall–Kier alpha value is -1.80. The van der Waals surface area contributed by atoms with Crippen molar-refractivity contribution in [3.8, 4) is 0 Å². The van der Waals surface area contributed by atoms with Crippen LogP contribution in [0.25, 0.3) is 22.4 Å². The molecule has 6 nitrogen and oxygen atoms in total. The largest absolute Gasteiger partial charge is 0.306 e. The lowest BCUT2D eigenvalue weighted by atomic mass is 10.3. The first kappa shape index (κ1) is 12.2. The number of thiophene rings is 1. The van der Waals surface area contributed by atoms with Crippen molar-refractivity contribution in [1.29, 1.82) is 0 Å². The SMILES string of the molecule is Cn1cc(/C=C/c2nc3sc(Br)cc3c(=O)[nH]2)nn1. The summed E-state index contributed by atoms with van der Waals surface area (Å²) in [6, 6.07) is 1.77. The molecule has 0 radical (unpaired) electrons. The highest BCUT2D eigenvalue weighted by molar-refractivity contribution is 9.11. The van der Waals surface area contributed by atoms with Crippen molar-refractivity contribution in [3.05, 3.63) is 37.9 Å². The lowest BCUT2D eigenvalue weighted by molar-refractivity contribution is 0.714. The van der Waals surface area contributed by atoms with E-state index in [1.807, 2.05) is 0 Å². The van der Waals surface area contributed by atoms with Crippen molar-refractivity contribution in [2.45, 2.75) is 0 Å². The number of aryl methyl sites for hydroxylation is 1. The van der Waals surface area contributed by atoms with Crippen LogP contribution in [0.15, 0.2) is 20.8 Å². The molecule has 0 aliphatic rings. The van der Waals surface area contributed by atoms with Gasteiger partial charge in [0, 0.05) is 7.05 Å². The van der Waals surface area contributed by atoms with Gasteiger partial charge in [-0.15, -0.1) is 16.4 Å². The van der Waals surface area contributed by atoms with Gasteiger partial charge >= 0.3 is 0 Å². The summed E-state index contributed by atoms with van der Waals surface area (Å²) < 4.78 is 2.49. The quantitative estimate of drug-likeness (QED) is 0.776. The molecule has 0 amide bonds. The highest BCUT2D eigenvalue weighted by Gasteiger charge is 2.06. The molecular weight excluding hydrogens is 330 g/mol. The van der Waals surface area contributed by atoms with Crippen LogP contribution in [0, 0.1) is 0 Å². The molecule has 0 aliphatic carbocycles. The van der Waals surface area contributed by atoms with Gasteiger partial charge in [-0.2, -0.15) is 0 Å². The van der Waals surface area contributed by atoms with E-state index in [9.17, 15) is 4.79 Å². The summed E-state index contributed by atoms with van der Waals surface area (Å²) in [4.78, 5) is 19.6. The van der Waals surface area contributed by atoms with E-state index in [1.54, 1.807) is 36.1 Å². The fraction of sp³-hybridized carbons (Fsp3) is 0.0909. The number of hydrogen-bond acceptors (Lipinski definition) is 5. The number of aromatic nitrogens is 5. The second-order valence-electron chi connectivity index (χ2n) is 3.87. The average Bonchev–Trinajstić information content (AvgIpc) is 2.92. The molecule has 1 N–H and O–H groups in total. The van der Waals surface area contributed by atoms with Gasteiger partial charge in [-0.1, -0.05) is 5.21 Å². The molecule has 3 aromatic heterocycles. The zero-order chi connectivity index (χ0) is 13.4.